The average Bonchev–Trinajstić information content (AvgIpc) is 2.50. The summed E-state index contributed by atoms with van der Waals surface area (Å²) in [5.74, 6) is 0. The van der Waals surface area contributed by atoms with Gasteiger partial charge in [0.2, 0.25) is 0 Å². The fourth-order valence-electron chi connectivity index (χ4n) is 0.708. The van der Waals surface area contributed by atoms with Gasteiger partial charge in [0.1, 0.15) is 10.9 Å². The third-order valence-corrected chi connectivity index (χ3v) is 2.41. The Kier molecular flexibility index (Phi) is 2.42. The van der Waals surface area contributed by atoms with E-state index in [4.69, 9.17) is 11.0 Å². The second kappa shape index (κ2) is 3.33. The van der Waals surface area contributed by atoms with Crippen LogP contribution in [0.25, 0.3) is 0 Å². The van der Waals surface area contributed by atoms with Gasteiger partial charge in [0.15, 0.2) is 0 Å². The summed E-state index contributed by atoms with van der Waals surface area (Å²) in [6.07, 6.45) is 1.66. The number of nitrogens with two attached hydrogens (primary N) is 1. The lowest BCUT2D eigenvalue weighted by atomic mass is 10.2. The molecule has 1 aromatic heterocycles. The summed E-state index contributed by atoms with van der Waals surface area (Å²) >= 11 is 1.41. The lowest BCUT2D eigenvalue weighted by Crippen LogP contribution is -2.03. The van der Waals surface area contributed by atoms with Crippen molar-refractivity contribution in [1.82, 2.24) is 0 Å². The molecule has 0 saturated heterocycles. The van der Waals surface area contributed by atoms with E-state index in [1.807, 2.05) is 6.07 Å². The minimum absolute atomic E-state index is 0.137. The van der Waals surface area contributed by atoms with Crippen molar-refractivity contribution in [3.8, 4) is 6.07 Å². The van der Waals surface area contributed by atoms with Crippen molar-refractivity contribution in [3.05, 3.63) is 34.5 Å². The van der Waals surface area contributed by atoms with Crippen molar-refractivity contribution in [1.29, 1.82) is 5.26 Å². The van der Waals surface area contributed by atoms with Gasteiger partial charge < -0.3 is 5.73 Å². The van der Waals surface area contributed by atoms with Crippen molar-refractivity contribution in [2.24, 2.45) is 5.73 Å². The first kappa shape index (κ1) is 7.99. The van der Waals surface area contributed by atoms with E-state index in [1.54, 1.807) is 12.1 Å². The van der Waals surface area contributed by atoms with E-state index in [2.05, 4.69) is 12.6 Å². The summed E-state index contributed by atoms with van der Waals surface area (Å²) in [5.41, 5.74) is 5.65. The number of hydrogen-bond acceptors (Lipinski definition) is 3. The Morgan fingerprint density at radius 2 is 2.45 bits per heavy atom. The first-order chi connectivity index (χ1) is 5.27. The van der Waals surface area contributed by atoms with Crippen molar-refractivity contribution in [3.63, 3.8) is 0 Å². The Balaban J connectivity index is 2.90. The number of hydrogen-bond donors (Lipinski definition) is 1. The highest BCUT2D eigenvalue weighted by Crippen LogP contribution is 2.21. The van der Waals surface area contributed by atoms with Crippen LogP contribution < -0.4 is 5.73 Å². The van der Waals surface area contributed by atoms with Crippen LogP contribution in [0.3, 0.4) is 0 Å². The van der Waals surface area contributed by atoms with Crippen LogP contribution in [0.1, 0.15) is 15.8 Å². The van der Waals surface area contributed by atoms with E-state index in [0.717, 1.165) is 4.88 Å². The zero-order valence-electron chi connectivity index (χ0n) is 5.95. The molecular weight excluding hydrogens is 156 g/mol. The molecule has 1 heterocycles. The molecule has 0 spiro atoms. The molecule has 1 aromatic rings. The minimum Gasteiger partial charge on any atom is -0.320 e. The Bertz CT molecular complexity index is 295. The van der Waals surface area contributed by atoms with Gasteiger partial charge in [-0.25, -0.2) is 0 Å². The van der Waals surface area contributed by atoms with Gasteiger partial charge in [-0.2, -0.15) is 5.26 Å². The molecule has 0 amide bonds. The summed E-state index contributed by atoms with van der Waals surface area (Å²) in [5, 5.41) is 8.50. The van der Waals surface area contributed by atoms with E-state index in [-0.39, 0.29) is 6.04 Å². The van der Waals surface area contributed by atoms with Crippen molar-refractivity contribution < 1.29 is 0 Å². The average molecular weight is 164 g/mol. The smallest absolute Gasteiger partial charge is 0.110 e. The fraction of sp³-hybridized carbons (Fsp3) is 0.125. The Morgan fingerprint density at radius 3 is 2.91 bits per heavy atom. The molecule has 0 aliphatic heterocycles. The topological polar surface area (TPSA) is 49.8 Å². The number of rotatable bonds is 2. The standard InChI is InChI=1S/C8H8N2S/c1-2-7(10)8-4-3-6(5-9)11-8/h2-4,7H,1,10H2/t7-/m1/s1. The molecule has 0 aliphatic carbocycles. The van der Waals surface area contributed by atoms with Gasteiger partial charge in [0, 0.05) is 4.88 Å². The predicted octanol–water partition coefficient (Wildman–Crippen LogP) is 1.81. The zero-order valence-corrected chi connectivity index (χ0v) is 6.77. The number of thiophene rings is 1. The van der Waals surface area contributed by atoms with Crippen LogP contribution in [0.5, 0.6) is 0 Å². The lowest BCUT2D eigenvalue weighted by Gasteiger charge is -1.98. The highest BCUT2D eigenvalue weighted by molar-refractivity contribution is 7.12. The molecule has 0 radical (unpaired) electrons. The van der Waals surface area contributed by atoms with Crippen molar-refractivity contribution in [2.75, 3.05) is 0 Å². The van der Waals surface area contributed by atoms with Gasteiger partial charge in [-0.1, -0.05) is 6.08 Å². The SMILES string of the molecule is C=C[C@@H](N)c1ccc(C#N)s1. The van der Waals surface area contributed by atoms with Crippen LogP contribution in [-0.4, -0.2) is 0 Å². The monoisotopic (exact) mass is 164 g/mol. The Morgan fingerprint density at radius 1 is 1.73 bits per heavy atom. The molecule has 0 saturated carbocycles. The maximum Gasteiger partial charge on any atom is 0.110 e. The van der Waals surface area contributed by atoms with E-state index in [0.29, 0.717) is 4.88 Å². The zero-order chi connectivity index (χ0) is 8.27. The molecular formula is C8H8N2S. The van der Waals surface area contributed by atoms with Crippen LogP contribution in [0, 0.1) is 11.3 Å². The van der Waals surface area contributed by atoms with Gasteiger partial charge in [0.25, 0.3) is 0 Å². The summed E-state index contributed by atoms with van der Waals surface area (Å²) in [6, 6.07) is 5.54. The lowest BCUT2D eigenvalue weighted by molar-refractivity contribution is 0.940. The van der Waals surface area contributed by atoms with E-state index < -0.39 is 0 Å². The van der Waals surface area contributed by atoms with Gasteiger partial charge in [0.05, 0.1) is 6.04 Å². The van der Waals surface area contributed by atoms with Crippen LogP contribution in [-0.2, 0) is 0 Å². The first-order valence-electron chi connectivity index (χ1n) is 3.16. The highest BCUT2D eigenvalue weighted by atomic mass is 32.1. The maximum atomic E-state index is 8.50. The van der Waals surface area contributed by atoms with E-state index in [9.17, 15) is 0 Å². The summed E-state index contributed by atoms with van der Waals surface area (Å²) < 4.78 is 0. The largest absolute Gasteiger partial charge is 0.320 e. The van der Waals surface area contributed by atoms with Gasteiger partial charge in [-0.15, -0.1) is 17.9 Å². The van der Waals surface area contributed by atoms with Crippen molar-refractivity contribution in [2.45, 2.75) is 6.04 Å². The molecule has 0 aliphatic rings. The maximum absolute atomic E-state index is 8.50. The summed E-state index contributed by atoms with van der Waals surface area (Å²) in [6.45, 7) is 3.57. The van der Waals surface area contributed by atoms with Crippen LogP contribution in [0.2, 0.25) is 0 Å². The fourth-order valence-corrected chi connectivity index (χ4v) is 1.51. The Labute approximate surface area is 69.6 Å². The molecule has 56 valence electrons. The molecule has 3 heteroatoms. The second-order valence-corrected chi connectivity index (χ2v) is 3.19. The molecule has 2 N–H and O–H groups in total. The van der Waals surface area contributed by atoms with Gasteiger partial charge in [-0.3, -0.25) is 0 Å². The second-order valence-electron chi connectivity index (χ2n) is 2.08. The van der Waals surface area contributed by atoms with E-state index in [1.165, 1.54) is 11.3 Å². The van der Waals surface area contributed by atoms with Crippen molar-refractivity contribution >= 4 is 11.3 Å². The molecule has 11 heavy (non-hydrogen) atoms. The Hall–Kier alpha value is -1.11. The molecule has 0 unspecified atom stereocenters. The highest BCUT2D eigenvalue weighted by Gasteiger charge is 2.03. The molecule has 0 bridgehead atoms. The third-order valence-electron chi connectivity index (χ3n) is 1.32. The van der Waals surface area contributed by atoms with Gasteiger partial charge >= 0.3 is 0 Å². The molecule has 1 rings (SSSR count). The number of nitrogens with zero attached hydrogens (tertiary/aromatic N) is 1. The minimum atomic E-state index is -0.137. The van der Waals surface area contributed by atoms with E-state index >= 15 is 0 Å². The molecule has 2 nitrogen and oxygen atoms in total. The van der Waals surface area contributed by atoms with Gasteiger partial charge in [-0.05, 0) is 12.1 Å². The molecule has 0 aromatic carbocycles. The third kappa shape index (κ3) is 1.67. The van der Waals surface area contributed by atoms with Crippen LogP contribution >= 0.6 is 11.3 Å². The summed E-state index contributed by atoms with van der Waals surface area (Å²) in [4.78, 5) is 1.67. The molecule has 0 fully saturated rings. The first-order valence-corrected chi connectivity index (χ1v) is 3.97. The predicted molar refractivity (Wildman–Crippen MR) is 46.2 cm³/mol. The normalized spacial score (nSPS) is 12.0. The summed E-state index contributed by atoms with van der Waals surface area (Å²) in [7, 11) is 0. The van der Waals surface area contributed by atoms with Crippen LogP contribution in [0.15, 0.2) is 24.8 Å². The quantitative estimate of drug-likeness (QED) is 0.677. The molecule has 1 atom stereocenters. The van der Waals surface area contributed by atoms with Crippen LogP contribution in [0.4, 0.5) is 0 Å². The number of nitriles is 1.